The highest BCUT2D eigenvalue weighted by Crippen LogP contribution is 2.36. The average Bonchev–Trinajstić information content (AvgIpc) is 3.10. The van der Waals surface area contributed by atoms with Crippen LogP contribution in [-0.2, 0) is 17.7 Å². The first-order valence-corrected chi connectivity index (χ1v) is 10.4. The zero-order valence-corrected chi connectivity index (χ0v) is 16.7. The van der Waals surface area contributed by atoms with E-state index in [1.807, 2.05) is 0 Å². The molecule has 1 amide bonds. The number of nitrogens with zero attached hydrogens (tertiary/aromatic N) is 2. The standard InChI is InChI=1S/C20H33N5O2/c1-19(2)14-25(10-11-27-19)20(7-4-3-5-8-20)13-22-18(26)17-15-12-21-9-6-16(15)23-24-17/h21H,3-14H2,1-2H3,(H,22,26)(H,23,24). The summed E-state index contributed by atoms with van der Waals surface area (Å²) >= 11 is 0. The van der Waals surface area contributed by atoms with Gasteiger partial charge in [0.2, 0.25) is 0 Å². The molecular formula is C20H33N5O2. The zero-order chi connectivity index (χ0) is 18.9. The van der Waals surface area contributed by atoms with Crippen molar-refractivity contribution < 1.29 is 9.53 Å². The summed E-state index contributed by atoms with van der Waals surface area (Å²) in [6.45, 7) is 9.31. The first kappa shape index (κ1) is 18.9. The monoisotopic (exact) mass is 375 g/mol. The van der Waals surface area contributed by atoms with Crippen LogP contribution in [0.1, 0.15) is 67.7 Å². The second-order valence-electron chi connectivity index (χ2n) is 8.95. The number of H-pyrrole nitrogens is 1. The highest BCUT2D eigenvalue weighted by atomic mass is 16.5. The van der Waals surface area contributed by atoms with Gasteiger partial charge in [-0.3, -0.25) is 14.8 Å². The van der Waals surface area contributed by atoms with Gasteiger partial charge in [-0.15, -0.1) is 0 Å². The molecule has 7 heteroatoms. The number of nitrogens with one attached hydrogen (secondary N) is 3. The summed E-state index contributed by atoms with van der Waals surface area (Å²) in [5.41, 5.74) is 2.61. The summed E-state index contributed by atoms with van der Waals surface area (Å²) in [6, 6.07) is 0. The smallest absolute Gasteiger partial charge is 0.272 e. The van der Waals surface area contributed by atoms with Crippen LogP contribution >= 0.6 is 0 Å². The van der Waals surface area contributed by atoms with Gasteiger partial charge in [-0.05, 0) is 26.7 Å². The van der Waals surface area contributed by atoms with Crippen LogP contribution in [0.3, 0.4) is 0 Å². The van der Waals surface area contributed by atoms with Crippen LogP contribution in [0.2, 0.25) is 0 Å². The van der Waals surface area contributed by atoms with Crippen molar-refractivity contribution in [2.45, 2.75) is 70.1 Å². The molecule has 7 nitrogen and oxygen atoms in total. The molecule has 1 saturated carbocycles. The summed E-state index contributed by atoms with van der Waals surface area (Å²) in [4.78, 5) is 15.5. The molecule has 2 fully saturated rings. The Labute approximate surface area is 161 Å². The van der Waals surface area contributed by atoms with Crippen molar-refractivity contribution in [3.63, 3.8) is 0 Å². The molecule has 0 spiro atoms. The van der Waals surface area contributed by atoms with Gasteiger partial charge in [-0.2, -0.15) is 5.10 Å². The van der Waals surface area contributed by atoms with Crippen LogP contribution in [0.25, 0.3) is 0 Å². The maximum Gasteiger partial charge on any atom is 0.272 e. The van der Waals surface area contributed by atoms with E-state index in [4.69, 9.17) is 4.74 Å². The fourth-order valence-corrected chi connectivity index (χ4v) is 4.98. The third-order valence-corrected chi connectivity index (χ3v) is 6.48. The number of rotatable bonds is 4. The van der Waals surface area contributed by atoms with Gasteiger partial charge in [0.05, 0.1) is 12.2 Å². The molecule has 1 aromatic rings. The molecule has 0 atom stereocenters. The Hall–Kier alpha value is -1.44. The molecule has 27 heavy (non-hydrogen) atoms. The van der Waals surface area contributed by atoms with Gasteiger partial charge in [-0.1, -0.05) is 19.3 Å². The molecule has 1 aromatic heterocycles. The molecule has 0 bridgehead atoms. The van der Waals surface area contributed by atoms with Gasteiger partial charge in [0, 0.05) is 55.9 Å². The molecule has 1 saturated heterocycles. The van der Waals surface area contributed by atoms with E-state index < -0.39 is 0 Å². The number of hydrogen-bond donors (Lipinski definition) is 3. The van der Waals surface area contributed by atoms with Gasteiger partial charge < -0.3 is 15.4 Å². The molecule has 2 aliphatic heterocycles. The third-order valence-electron chi connectivity index (χ3n) is 6.48. The number of amides is 1. The molecule has 4 rings (SSSR count). The minimum atomic E-state index is -0.125. The van der Waals surface area contributed by atoms with Crippen molar-refractivity contribution in [2.24, 2.45) is 0 Å². The Morgan fingerprint density at radius 1 is 1.30 bits per heavy atom. The van der Waals surface area contributed by atoms with E-state index in [-0.39, 0.29) is 17.0 Å². The van der Waals surface area contributed by atoms with Crippen LogP contribution in [-0.4, -0.2) is 64.9 Å². The number of carbonyl (C=O) groups excluding carboxylic acids is 1. The van der Waals surface area contributed by atoms with Crippen LogP contribution < -0.4 is 10.6 Å². The summed E-state index contributed by atoms with van der Waals surface area (Å²) in [7, 11) is 0. The number of morpholine rings is 1. The fraction of sp³-hybridized carbons (Fsp3) is 0.800. The van der Waals surface area contributed by atoms with Crippen LogP contribution in [0.5, 0.6) is 0 Å². The summed E-state index contributed by atoms with van der Waals surface area (Å²) < 4.78 is 5.93. The quantitative estimate of drug-likeness (QED) is 0.745. The summed E-state index contributed by atoms with van der Waals surface area (Å²) in [6.07, 6.45) is 6.95. The van der Waals surface area contributed by atoms with Gasteiger partial charge >= 0.3 is 0 Å². The van der Waals surface area contributed by atoms with Gasteiger partial charge in [-0.25, -0.2) is 0 Å². The van der Waals surface area contributed by atoms with E-state index in [1.165, 1.54) is 19.3 Å². The maximum absolute atomic E-state index is 12.9. The lowest BCUT2D eigenvalue weighted by Crippen LogP contribution is -2.63. The molecule has 0 aromatic carbocycles. The largest absolute Gasteiger partial charge is 0.373 e. The molecular weight excluding hydrogens is 342 g/mol. The van der Waals surface area contributed by atoms with Gasteiger partial charge in [0.1, 0.15) is 0 Å². The van der Waals surface area contributed by atoms with Gasteiger partial charge in [0.15, 0.2) is 5.69 Å². The van der Waals surface area contributed by atoms with Crippen LogP contribution in [0, 0.1) is 0 Å². The van der Waals surface area contributed by atoms with Gasteiger partial charge in [0.25, 0.3) is 5.91 Å². The van der Waals surface area contributed by atoms with E-state index in [2.05, 4.69) is 39.6 Å². The molecule has 1 aliphatic carbocycles. The van der Waals surface area contributed by atoms with Crippen molar-refractivity contribution in [3.8, 4) is 0 Å². The lowest BCUT2D eigenvalue weighted by molar-refractivity contribution is -0.122. The topological polar surface area (TPSA) is 82.3 Å². The normalized spacial score (nSPS) is 25.0. The van der Waals surface area contributed by atoms with E-state index >= 15 is 0 Å². The first-order valence-electron chi connectivity index (χ1n) is 10.4. The van der Waals surface area contributed by atoms with Crippen molar-refractivity contribution >= 4 is 5.91 Å². The molecule has 0 radical (unpaired) electrons. The van der Waals surface area contributed by atoms with E-state index in [0.29, 0.717) is 12.2 Å². The molecule has 150 valence electrons. The Morgan fingerprint density at radius 3 is 2.89 bits per heavy atom. The first-order chi connectivity index (χ1) is 13.0. The van der Waals surface area contributed by atoms with Crippen molar-refractivity contribution in [3.05, 3.63) is 17.0 Å². The minimum absolute atomic E-state index is 0.0452. The molecule has 3 aliphatic rings. The predicted octanol–water partition coefficient (Wildman–Crippen LogP) is 1.60. The van der Waals surface area contributed by atoms with Crippen LogP contribution in [0.4, 0.5) is 0 Å². The Kier molecular flexibility index (Phi) is 5.27. The Morgan fingerprint density at radius 2 is 2.11 bits per heavy atom. The highest BCUT2D eigenvalue weighted by molar-refractivity contribution is 5.94. The number of hydrogen-bond acceptors (Lipinski definition) is 5. The predicted molar refractivity (Wildman–Crippen MR) is 104 cm³/mol. The second-order valence-corrected chi connectivity index (χ2v) is 8.95. The van der Waals surface area contributed by atoms with E-state index in [1.54, 1.807) is 0 Å². The number of fused-ring (bicyclic) bond motifs is 1. The minimum Gasteiger partial charge on any atom is -0.373 e. The zero-order valence-electron chi connectivity index (χ0n) is 16.7. The van der Waals surface area contributed by atoms with Crippen molar-refractivity contribution in [2.75, 3.05) is 32.8 Å². The number of carbonyl (C=O) groups is 1. The Balaban J connectivity index is 1.47. The lowest BCUT2D eigenvalue weighted by Gasteiger charge is -2.51. The third kappa shape index (κ3) is 3.91. The maximum atomic E-state index is 12.9. The van der Waals surface area contributed by atoms with Crippen molar-refractivity contribution in [1.29, 1.82) is 0 Å². The Bertz CT molecular complexity index is 678. The average molecular weight is 376 g/mol. The highest BCUT2D eigenvalue weighted by Gasteiger charge is 2.42. The summed E-state index contributed by atoms with van der Waals surface area (Å²) in [5.74, 6) is -0.0475. The van der Waals surface area contributed by atoms with E-state index in [9.17, 15) is 4.79 Å². The van der Waals surface area contributed by atoms with Crippen molar-refractivity contribution in [1.82, 2.24) is 25.7 Å². The second kappa shape index (κ2) is 7.53. The molecule has 3 heterocycles. The fourth-order valence-electron chi connectivity index (χ4n) is 4.98. The van der Waals surface area contributed by atoms with Crippen LogP contribution in [0.15, 0.2) is 0 Å². The summed E-state index contributed by atoms with van der Waals surface area (Å²) in [5, 5.41) is 13.9. The number of aromatic nitrogens is 2. The molecule has 3 N–H and O–H groups in total. The lowest BCUT2D eigenvalue weighted by atomic mass is 9.79. The molecule has 0 unspecified atom stereocenters. The van der Waals surface area contributed by atoms with E-state index in [0.717, 1.165) is 63.3 Å². The number of ether oxygens (including phenoxy) is 1. The number of aromatic amines is 1. The SMILES string of the molecule is CC1(C)CN(C2(CNC(=O)c3n[nH]c4c3CNCC4)CCCCC2)CCO1.